The summed E-state index contributed by atoms with van der Waals surface area (Å²) in [5.74, 6) is 2.42. The van der Waals surface area contributed by atoms with Crippen molar-refractivity contribution < 1.29 is 4.79 Å². The fraction of sp³-hybridized carbons (Fsp3) is 0.214. The van der Waals surface area contributed by atoms with Gasteiger partial charge in [0.05, 0.1) is 19.6 Å². The van der Waals surface area contributed by atoms with Gasteiger partial charge in [-0.05, 0) is 22.9 Å². The Hall–Kier alpha value is -1.77. The predicted molar refractivity (Wildman–Crippen MR) is 80.1 cm³/mol. The lowest BCUT2D eigenvalue weighted by molar-refractivity contribution is 0.194. The number of nitrogens with one attached hydrogen (secondary N) is 1. The molecule has 2 aromatic heterocycles. The van der Waals surface area contributed by atoms with Crippen LogP contribution in [0, 0.1) is 12.3 Å². The van der Waals surface area contributed by atoms with Gasteiger partial charge in [-0.15, -0.1) is 29.1 Å². The van der Waals surface area contributed by atoms with Gasteiger partial charge < -0.3 is 10.2 Å². The Labute approximate surface area is 120 Å². The summed E-state index contributed by atoms with van der Waals surface area (Å²) in [5.41, 5.74) is 0. The van der Waals surface area contributed by atoms with Gasteiger partial charge in [0.15, 0.2) is 0 Å². The maximum atomic E-state index is 12.1. The zero-order valence-electron chi connectivity index (χ0n) is 10.3. The maximum Gasteiger partial charge on any atom is 0.318 e. The van der Waals surface area contributed by atoms with Crippen molar-refractivity contribution in [1.82, 2.24) is 10.2 Å². The minimum atomic E-state index is -0.125. The summed E-state index contributed by atoms with van der Waals surface area (Å²) in [6.07, 6.45) is 5.17. The third-order valence-electron chi connectivity index (χ3n) is 2.48. The fourth-order valence-corrected chi connectivity index (χ4v) is 3.06. The number of hydrogen-bond donors (Lipinski definition) is 1. The highest BCUT2D eigenvalue weighted by Gasteiger charge is 2.14. The number of carbonyl (C=O) groups is 1. The summed E-state index contributed by atoms with van der Waals surface area (Å²) in [6.45, 7) is 1.46. The first-order chi connectivity index (χ1) is 9.29. The van der Waals surface area contributed by atoms with Crippen molar-refractivity contribution >= 4 is 28.7 Å². The van der Waals surface area contributed by atoms with E-state index < -0.39 is 0 Å². The SMILES string of the molecule is C#CCNC(=O)N(Cc1cccs1)Cc1cccs1. The van der Waals surface area contributed by atoms with E-state index in [2.05, 4.69) is 11.2 Å². The summed E-state index contributed by atoms with van der Waals surface area (Å²) in [4.78, 5) is 16.2. The monoisotopic (exact) mass is 290 g/mol. The fourth-order valence-electron chi connectivity index (χ4n) is 1.62. The number of hydrogen-bond acceptors (Lipinski definition) is 3. The summed E-state index contributed by atoms with van der Waals surface area (Å²) >= 11 is 3.29. The van der Waals surface area contributed by atoms with Crippen LogP contribution in [0.5, 0.6) is 0 Å². The number of urea groups is 1. The summed E-state index contributed by atoms with van der Waals surface area (Å²) < 4.78 is 0. The summed E-state index contributed by atoms with van der Waals surface area (Å²) in [5, 5.41) is 6.74. The van der Waals surface area contributed by atoms with Gasteiger partial charge in [0.25, 0.3) is 0 Å². The molecule has 5 heteroatoms. The molecule has 0 bridgehead atoms. The van der Waals surface area contributed by atoms with Crippen LogP contribution in [-0.4, -0.2) is 17.5 Å². The number of terminal acetylenes is 1. The standard InChI is InChI=1S/C14H14N2OS2/c1-2-7-15-14(17)16(10-12-5-3-8-18-12)11-13-6-4-9-19-13/h1,3-6,8-9H,7,10-11H2,(H,15,17). The van der Waals surface area contributed by atoms with E-state index in [1.807, 2.05) is 35.0 Å². The Bertz CT molecular complexity index is 504. The van der Waals surface area contributed by atoms with E-state index in [1.165, 1.54) is 0 Å². The number of carbonyl (C=O) groups excluding carboxylic acids is 1. The van der Waals surface area contributed by atoms with Crippen molar-refractivity contribution in [3.8, 4) is 12.3 Å². The smallest absolute Gasteiger partial charge is 0.318 e. The molecule has 0 atom stereocenters. The van der Waals surface area contributed by atoms with Crippen molar-refractivity contribution in [2.75, 3.05) is 6.54 Å². The molecule has 0 spiro atoms. The maximum absolute atomic E-state index is 12.1. The van der Waals surface area contributed by atoms with Crippen molar-refractivity contribution in [3.63, 3.8) is 0 Å². The Balaban J connectivity index is 2.04. The quantitative estimate of drug-likeness (QED) is 0.843. The molecule has 2 heterocycles. The molecular weight excluding hydrogens is 276 g/mol. The minimum absolute atomic E-state index is 0.125. The highest BCUT2D eigenvalue weighted by molar-refractivity contribution is 7.10. The molecular formula is C14H14N2OS2. The number of nitrogens with zero attached hydrogens (tertiary/aromatic N) is 1. The molecule has 19 heavy (non-hydrogen) atoms. The second-order valence-corrected chi connectivity index (χ2v) is 5.94. The molecule has 2 rings (SSSR count). The average Bonchev–Trinajstić information content (AvgIpc) is 3.08. The van der Waals surface area contributed by atoms with Crippen LogP contribution in [0.1, 0.15) is 9.75 Å². The van der Waals surface area contributed by atoms with Gasteiger partial charge in [-0.25, -0.2) is 4.79 Å². The summed E-state index contributed by atoms with van der Waals surface area (Å²) in [6, 6.07) is 7.91. The third-order valence-corrected chi connectivity index (χ3v) is 4.20. The predicted octanol–water partition coefficient (Wildman–Crippen LogP) is 3.15. The molecule has 0 aliphatic rings. The van der Waals surface area contributed by atoms with E-state index in [0.29, 0.717) is 13.1 Å². The average molecular weight is 290 g/mol. The Morgan fingerprint density at radius 3 is 2.21 bits per heavy atom. The molecule has 0 aromatic carbocycles. The zero-order chi connectivity index (χ0) is 13.5. The second-order valence-electron chi connectivity index (χ2n) is 3.88. The molecule has 0 radical (unpaired) electrons. The topological polar surface area (TPSA) is 32.3 Å². The highest BCUT2D eigenvalue weighted by Crippen LogP contribution is 2.17. The van der Waals surface area contributed by atoms with E-state index in [-0.39, 0.29) is 12.6 Å². The first kappa shape index (κ1) is 13.7. The lowest BCUT2D eigenvalue weighted by Gasteiger charge is -2.21. The van der Waals surface area contributed by atoms with Crippen LogP contribution in [0.2, 0.25) is 0 Å². The minimum Gasteiger partial charge on any atom is -0.327 e. The van der Waals surface area contributed by atoms with Crippen LogP contribution in [0.4, 0.5) is 4.79 Å². The van der Waals surface area contributed by atoms with Gasteiger partial charge in [-0.1, -0.05) is 18.1 Å². The molecule has 98 valence electrons. The second kappa shape index (κ2) is 6.98. The van der Waals surface area contributed by atoms with E-state index in [4.69, 9.17) is 6.42 Å². The molecule has 1 N–H and O–H groups in total. The van der Waals surface area contributed by atoms with Crippen LogP contribution in [-0.2, 0) is 13.1 Å². The van der Waals surface area contributed by atoms with Gasteiger partial charge >= 0.3 is 6.03 Å². The first-order valence-corrected chi connectivity index (χ1v) is 7.56. The van der Waals surface area contributed by atoms with Gasteiger partial charge in [0.2, 0.25) is 0 Å². The van der Waals surface area contributed by atoms with Gasteiger partial charge in [0, 0.05) is 9.75 Å². The Morgan fingerprint density at radius 2 is 1.79 bits per heavy atom. The van der Waals surface area contributed by atoms with Crippen LogP contribution in [0.15, 0.2) is 35.0 Å². The normalized spacial score (nSPS) is 9.84. The largest absolute Gasteiger partial charge is 0.327 e. The molecule has 0 aliphatic carbocycles. The van der Waals surface area contributed by atoms with Crippen molar-refractivity contribution in [3.05, 3.63) is 44.8 Å². The van der Waals surface area contributed by atoms with Crippen LogP contribution in [0.25, 0.3) is 0 Å². The van der Waals surface area contributed by atoms with Crippen molar-refractivity contribution in [2.45, 2.75) is 13.1 Å². The van der Waals surface area contributed by atoms with Gasteiger partial charge in [0.1, 0.15) is 0 Å². The lowest BCUT2D eigenvalue weighted by atomic mass is 10.4. The van der Waals surface area contributed by atoms with E-state index in [9.17, 15) is 4.79 Å². The molecule has 3 nitrogen and oxygen atoms in total. The van der Waals surface area contributed by atoms with Crippen molar-refractivity contribution in [1.29, 1.82) is 0 Å². The van der Waals surface area contributed by atoms with Gasteiger partial charge in [-0.2, -0.15) is 0 Å². The number of thiophene rings is 2. The third kappa shape index (κ3) is 4.12. The Kier molecular flexibility index (Phi) is 5.01. The molecule has 2 aromatic rings. The summed E-state index contributed by atoms with van der Waals surface area (Å²) in [7, 11) is 0. The molecule has 0 unspecified atom stereocenters. The van der Waals surface area contributed by atoms with Crippen LogP contribution < -0.4 is 5.32 Å². The molecule has 2 amide bonds. The lowest BCUT2D eigenvalue weighted by Crippen LogP contribution is -2.38. The highest BCUT2D eigenvalue weighted by atomic mass is 32.1. The van der Waals surface area contributed by atoms with Crippen LogP contribution >= 0.6 is 22.7 Å². The number of rotatable bonds is 5. The van der Waals surface area contributed by atoms with Crippen LogP contribution in [0.3, 0.4) is 0 Å². The van der Waals surface area contributed by atoms with Gasteiger partial charge in [-0.3, -0.25) is 0 Å². The molecule has 0 aliphatic heterocycles. The number of amides is 2. The molecule has 0 fully saturated rings. The van der Waals surface area contributed by atoms with Crippen molar-refractivity contribution in [2.24, 2.45) is 0 Å². The molecule has 0 saturated heterocycles. The molecule has 0 saturated carbocycles. The first-order valence-electron chi connectivity index (χ1n) is 5.80. The Morgan fingerprint density at radius 1 is 1.21 bits per heavy atom. The zero-order valence-corrected chi connectivity index (χ0v) is 12.0. The van der Waals surface area contributed by atoms with E-state index in [1.54, 1.807) is 27.6 Å². The van der Waals surface area contributed by atoms with E-state index >= 15 is 0 Å². The van der Waals surface area contributed by atoms with E-state index in [0.717, 1.165) is 9.75 Å².